The van der Waals surface area contributed by atoms with Gasteiger partial charge in [-0.15, -0.1) is 43.1 Å². The van der Waals surface area contributed by atoms with Crippen molar-refractivity contribution in [3.05, 3.63) is 261 Å². The third kappa shape index (κ3) is 56.7. The molecule has 0 saturated heterocycles. The molecule has 0 amide bonds. The second-order valence-corrected chi connectivity index (χ2v) is 14.5. The molecule has 27 nitrogen and oxygen atoms in total. The van der Waals surface area contributed by atoms with Crippen LogP contribution in [0.2, 0.25) is 0 Å². The van der Waals surface area contributed by atoms with Gasteiger partial charge < -0.3 is 32.3 Å². The summed E-state index contributed by atoms with van der Waals surface area (Å²) < 4.78 is 31.1. The largest absolute Gasteiger partial charge is 0.473 e. The second kappa shape index (κ2) is 59.4. The number of oxazole rings is 1. The number of hydrogen-bond acceptors (Lipinski definition) is 27. The number of imidazole rings is 1. The van der Waals surface area contributed by atoms with Crippen LogP contribution >= 0.6 is 57.1 Å². The fourth-order valence-electron chi connectivity index (χ4n) is 2.92. The van der Waals surface area contributed by atoms with E-state index in [2.05, 4.69) is 127 Å². The molecule has 0 unspecified atom stereocenters. The number of thiazole rings is 1. The maximum atomic E-state index is 4.58. The fraction of sp³-hybridized carbons (Fsp3) is 0.0227. The molecule has 0 atom stereocenters. The monoisotopic (exact) mass is 1130 g/mol. The van der Waals surface area contributed by atoms with Crippen LogP contribution in [0.3, 0.4) is 0 Å². The molecule has 15 aromatic heterocycles. The molecule has 396 valence electrons. The average molecular weight is 1130 g/mol. The van der Waals surface area contributed by atoms with E-state index in [1.165, 1.54) is 97.8 Å². The lowest BCUT2D eigenvalue weighted by atomic mass is 10.7. The summed E-state index contributed by atoms with van der Waals surface area (Å²) in [7, 11) is 1.89. The highest BCUT2D eigenvalue weighted by Gasteiger charge is 1.70. The van der Waals surface area contributed by atoms with E-state index < -0.39 is 0 Å². The number of aromatic nitrogens is 22. The van der Waals surface area contributed by atoms with E-state index in [0.717, 1.165) is 0 Å². The molecule has 0 aromatic carbocycles. The van der Waals surface area contributed by atoms with E-state index in [-0.39, 0.29) is 0 Å². The van der Waals surface area contributed by atoms with Gasteiger partial charge in [0.15, 0.2) is 12.7 Å². The predicted octanol–water partition coefficient (Wildman–Crippen LogP) is 9.94. The van der Waals surface area contributed by atoms with Crippen molar-refractivity contribution in [2.45, 2.75) is 0 Å². The number of thiophene rings is 1. The smallest absolute Gasteiger partial charge is 0.213 e. The van der Waals surface area contributed by atoms with Crippen LogP contribution in [0.25, 0.3) is 0 Å². The number of rotatable bonds is 0. The molecule has 0 saturated carbocycles. The minimum atomic E-state index is 1.26. The van der Waals surface area contributed by atoms with Gasteiger partial charge in [-0.25, -0.2) is 29.3 Å². The van der Waals surface area contributed by atoms with Gasteiger partial charge in [0, 0.05) is 79.8 Å². The normalized spacial score (nSPS) is 8.07. The molecule has 76 heavy (non-hydrogen) atoms. The molecule has 32 heteroatoms. The predicted molar refractivity (Wildman–Crippen MR) is 286 cm³/mol. The maximum absolute atomic E-state index is 4.58. The Morgan fingerprint density at radius 3 is 1.46 bits per heavy atom. The molecule has 15 aromatic rings. The zero-order valence-electron chi connectivity index (χ0n) is 40.0. The molecule has 15 heterocycles. The Morgan fingerprint density at radius 2 is 1.26 bits per heavy atom. The molecule has 0 aliphatic rings. The standard InChI is InChI=1S/C4H6N2.C4H5N.C4H4O.C4H4S.2C3H4N2.2C3H3NO.2C3H3NS.C2H3N3.2C2H2N2O.2C2H2N2S/c1-6-4-2-3-5-6;3*1-2-4-5-3-1;1-2-5-3-4-1;1-2-4-5-3-1;1-2-5-3-4-1;1-2-4-5-3-1;1-2-5-3-4-1;1-2-4-5-3-1;1-3-2-5-4-1;1-3-4-2-5-1;1-3-2-5-4-1;1-3-4-2-5-1;1-3-2-5-4-1/h2-4H,1H3;1-5H;2*1-4H;2*1-3H,(H,4,5);4*1-3H;1-2H,(H,3,4,5);4*1-2H. The van der Waals surface area contributed by atoms with Crippen molar-refractivity contribution in [1.29, 1.82) is 0 Å². The van der Waals surface area contributed by atoms with Crippen LogP contribution in [0.4, 0.5) is 0 Å². The van der Waals surface area contributed by atoms with Gasteiger partial charge >= 0.3 is 0 Å². The number of aromatic amines is 4. The SMILES string of the molecule is Cn1cccn1.c1c[nH]cn1.c1cc[nH]c1.c1ccoc1.c1ccsc1.c1cn[nH]c1.c1cnoc1.c1cnsc1.c1cocn1.c1cscn1.c1nc[nH]n1.c1ncon1.c1ncsn1.c1nnco1.c1nncs1. The van der Waals surface area contributed by atoms with Gasteiger partial charge in [0.2, 0.25) is 19.2 Å². The summed E-state index contributed by atoms with van der Waals surface area (Å²) in [6.45, 7) is 0. The van der Waals surface area contributed by atoms with Gasteiger partial charge in [-0.05, 0) is 82.4 Å². The summed E-state index contributed by atoms with van der Waals surface area (Å²) in [6.07, 6.45) is 39.9. The highest BCUT2D eigenvalue weighted by Crippen LogP contribution is 1.91. The van der Waals surface area contributed by atoms with Crippen LogP contribution in [-0.2, 0) is 7.05 Å². The summed E-state index contributed by atoms with van der Waals surface area (Å²) in [5, 5.41) is 44.1. The Bertz CT molecular complexity index is 1870. The first kappa shape index (κ1) is 64.1. The summed E-state index contributed by atoms with van der Waals surface area (Å²) >= 11 is 7.62. The molecule has 0 bridgehead atoms. The average Bonchev–Trinajstić information content (AvgIpc) is 4.35. The van der Waals surface area contributed by atoms with Gasteiger partial charge in [-0.3, -0.25) is 19.9 Å². The van der Waals surface area contributed by atoms with E-state index >= 15 is 0 Å². The maximum Gasteiger partial charge on any atom is 0.213 e. The summed E-state index contributed by atoms with van der Waals surface area (Å²) in [4.78, 5) is 27.2. The van der Waals surface area contributed by atoms with Crippen molar-refractivity contribution >= 4 is 57.1 Å². The molecule has 15 rings (SSSR count). The zero-order chi connectivity index (χ0) is 53.9. The van der Waals surface area contributed by atoms with Crippen LogP contribution in [0.15, 0.2) is 283 Å². The lowest BCUT2D eigenvalue weighted by Crippen LogP contribution is -1.83. The number of aryl methyl sites for hydroxylation is 1. The highest BCUT2D eigenvalue weighted by atomic mass is 32.1. The van der Waals surface area contributed by atoms with E-state index in [9.17, 15) is 0 Å². The summed E-state index contributed by atoms with van der Waals surface area (Å²) in [5.41, 5.74) is 6.83. The van der Waals surface area contributed by atoms with E-state index in [1.807, 2.05) is 102 Å². The Balaban J connectivity index is 0.000000407. The van der Waals surface area contributed by atoms with Crippen LogP contribution in [0, 0.1) is 0 Å². The van der Waals surface area contributed by atoms with Crippen molar-refractivity contribution in [1.82, 2.24) is 110 Å². The van der Waals surface area contributed by atoms with Gasteiger partial charge in [0.1, 0.15) is 48.0 Å². The van der Waals surface area contributed by atoms with E-state index in [4.69, 9.17) is 0 Å². The quantitative estimate of drug-likeness (QED) is 0.110. The second-order valence-electron chi connectivity index (χ2n) is 10.9. The van der Waals surface area contributed by atoms with Crippen molar-refractivity contribution < 1.29 is 22.3 Å². The number of hydrogen-bond donors (Lipinski definition) is 4. The Hall–Kier alpha value is -9.89. The van der Waals surface area contributed by atoms with Crippen molar-refractivity contribution in [3.8, 4) is 0 Å². The minimum Gasteiger partial charge on any atom is -0.473 e. The number of H-pyrrole nitrogens is 4. The molecule has 0 fully saturated rings. The van der Waals surface area contributed by atoms with E-state index in [0.29, 0.717) is 0 Å². The molecule has 0 radical (unpaired) electrons. The van der Waals surface area contributed by atoms with Gasteiger partial charge in [-0.1, -0.05) is 22.4 Å². The van der Waals surface area contributed by atoms with Crippen molar-refractivity contribution in [2.75, 3.05) is 0 Å². The van der Waals surface area contributed by atoms with Gasteiger partial charge in [-0.2, -0.15) is 31.0 Å². The lowest BCUT2D eigenvalue weighted by Gasteiger charge is -1.77. The molecule has 0 aliphatic carbocycles. The Kier molecular flexibility index (Phi) is 50.1. The Morgan fingerprint density at radius 1 is 0.408 bits per heavy atom. The fourth-order valence-corrected chi connectivity index (χ4v) is 4.62. The third-order valence-corrected chi connectivity index (χ3v) is 8.18. The molecule has 0 spiro atoms. The van der Waals surface area contributed by atoms with Crippen molar-refractivity contribution in [2.24, 2.45) is 7.05 Å². The first-order valence-corrected chi connectivity index (χ1v) is 25.1. The number of nitrogens with one attached hydrogen (secondary N) is 4. The summed E-state index contributed by atoms with van der Waals surface area (Å²) in [5.74, 6) is 0. The molecular weight excluding hydrogens is 1080 g/mol. The lowest BCUT2D eigenvalue weighted by molar-refractivity contribution is 0.416. The number of nitrogens with zero attached hydrogens (tertiary/aromatic N) is 18. The molecular formula is C44H50N22O5S5. The van der Waals surface area contributed by atoms with Crippen LogP contribution in [0.1, 0.15) is 0 Å². The number of furan rings is 1. The topological polar surface area (TPSA) is 353 Å². The first-order chi connectivity index (χ1) is 37.9. The first-order valence-electron chi connectivity index (χ1n) is 20.6. The van der Waals surface area contributed by atoms with Crippen LogP contribution < -0.4 is 0 Å². The minimum absolute atomic E-state index is 1.26. The Labute approximate surface area is 454 Å². The molecule has 0 aliphatic heterocycles. The van der Waals surface area contributed by atoms with Crippen LogP contribution in [0.5, 0.6) is 0 Å². The van der Waals surface area contributed by atoms with Gasteiger partial charge in [0.05, 0.1) is 36.8 Å². The van der Waals surface area contributed by atoms with Crippen molar-refractivity contribution in [3.63, 3.8) is 0 Å². The zero-order valence-corrected chi connectivity index (χ0v) is 44.0. The van der Waals surface area contributed by atoms with Crippen LogP contribution in [-0.4, -0.2) is 110 Å². The van der Waals surface area contributed by atoms with Gasteiger partial charge in [0.25, 0.3) is 0 Å². The third-order valence-electron chi connectivity index (χ3n) is 5.65. The highest BCUT2D eigenvalue weighted by molar-refractivity contribution is 7.08. The molecule has 4 N–H and O–H groups in total. The van der Waals surface area contributed by atoms with E-state index in [1.54, 1.807) is 130 Å². The summed E-state index contributed by atoms with van der Waals surface area (Å²) in [6, 6.07) is 18.9.